The highest BCUT2D eigenvalue weighted by Gasteiger charge is 2.23. The molecule has 0 aliphatic heterocycles. The van der Waals surface area contributed by atoms with Gasteiger partial charge in [-0.3, -0.25) is 0 Å². The van der Waals surface area contributed by atoms with Gasteiger partial charge in [0.15, 0.2) is 5.82 Å². The van der Waals surface area contributed by atoms with Crippen molar-refractivity contribution in [3.8, 4) is 10.6 Å². The summed E-state index contributed by atoms with van der Waals surface area (Å²) in [4.78, 5) is 9.28. The van der Waals surface area contributed by atoms with Crippen LogP contribution in [0.5, 0.6) is 0 Å². The molecule has 1 N–H and O–H groups in total. The van der Waals surface area contributed by atoms with Gasteiger partial charge in [0.25, 0.3) is 0 Å². The lowest BCUT2D eigenvalue weighted by atomic mass is 9.96. The van der Waals surface area contributed by atoms with E-state index in [0.29, 0.717) is 5.89 Å². The SMILES string of the molecule is CC(Nc1cccc(-c2nc3ccccc3s2)c1)c1nc(C(C)(C)C)no1. The molecule has 0 aliphatic rings. The fourth-order valence-corrected chi connectivity index (χ4v) is 3.73. The van der Waals surface area contributed by atoms with E-state index in [0.717, 1.165) is 27.6 Å². The fourth-order valence-electron chi connectivity index (χ4n) is 2.77. The van der Waals surface area contributed by atoms with Crippen molar-refractivity contribution in [1.82, 2.24) is 15.1 Å². The second kappa shape index (κ2) is 6.78. The number of hydrogen-bond acceptors (Lipinski definition) is 6. The van der Waals surface area contributed by atoms with Crippen molar-refractivity contribution in [2.24, 2.45) is 0 Å². The van der Waals surface area contributed by atoms with Gasteiger partial charge >= 0.3 is 0 Å². The number of hydrogen-bond donors (Lipinski definition) is 1. The van der Waals surface area contributed by atoms with E-state index >= 15 is 0 Å². The molecule has 2 aromatic heterocycles. The average Bonchev–Trinajstić information content (AvgIpc) is 3.29. The highest BCUT2D eigenvalue weighted by atomic mass is 32.1. The van der Waals surface area contributed by atoms with Crippen molar-refractivity contribution in [2.75, 3.05) is 5.32 Å². The van der Waals surface area contributed by atoms with E-state index in [2.05, 4.69) is 54.4 Å². The second-order valence-electron chi connectivity index (χ2n) is 7.64. The molecule has 0 fully saturated rings. The predicted molar refractivity (Wildman–Crippen MR) is 110 cm³/mol. The van der Waals surface area contributed by atoms with Crippen molar-refractivity contribution in [3.63, 3.8) is 0 Å². The minimum Gasteiger partial charge on any atom is -0.374 e. The molecule has 0 amide bonds. The van der Waals surface area contributed by atoms with E-state index in [1.165, 1.54) is 4.70 Å². The zero-order chi connectivity index (χ0) is 19.0. The Bertz CT molecular complexity index is 1040. The first kappa shape index (κ1) is 17.7. The number of anilines is 1. The highest BCUT2D eigenvalue weighted by Crippen LogP contribution is 2.32. The summed E-state index contributed by atoms with van der Waals surface area (Å²) in [6.07, 6.45) is 0. The predicted octanol–water partition coefficient (Wildman–Crippen LogP) is 5.82. The number of rotatable bonds is 4. The standard InChI is InChI=1S/C21H22N4OS/c1-13(18-24-20(25-26-18)21(2,3)4)22-15-9-7-8-14(12-15)19-23-16-10-5-6-11-17(16)27-19/h5-13,22H,1-4H3. The molecule has 1 unspecified atom stereocenters. The van der Waals surface area contributed by atoms with Gasteiger partial charge in [0.05, 0.1) is 10.2 Å². The van der Waals surface area contributed by atoms with E-state index in [1.807, 2.05) is 37.3 Å². The zero-order valence-electron chi connectivity index (χ0n) is 15.9. The molecule has 27 heavy (non-hydrogen) atoms. The molecule has 0 saturated heterocycles. The molecule has 0 radical (unpaired) electrons. The average molecular weight is 379 g/mol. The molecule has 0 saturated carbocycles. The maximum Gasteiger partial charge on any atom is 0.248 e. The maximum atomic E-state index is 5.45. The first-order valence-corrected chi connectivity index (χ1v) is 9.78. The molecule has 138 valence electrons. The van der Waals surface area contributed by atoms with Gasteiger partial charge in [0.1, 0.15) is 11.0 Å². The van der Waals surface area contributed by atoms with E-state index in [-0.39, 0.29) is 11.5 Å². The summed E-state index contributed by atoms with van der Waals surface area (Å²) in [5.41, 5.74) is 2.99. The van der Waals surface area contributed by atoms with Gasteiger partial charge in [-0.2, -0.15) is 4.98 Å². The van der Waals surface area contributed by atoms with Crippen LogP contribution < -0.4 is 5.32 Å². The number of fused-ring (bicyclic) bond motifs is 1. The van der Waals surface area contributed by atoms with Crippen LogP contribution in [0, 0.1) is 0 Å². The van der Waals surface area contributed by atoms with Crippen LogP contribution in [0.2, 0.25) is 0 Å². The monoisotopic (exact) mass is 378 g/mol. The first-order valence-electron chi connectivity index (χ1n) is 8.97. The molecule has 1 atom stereocenters. The van der Waals surface area contributed by atoms with Crippen LogP contribution in [0.1, 0.15) is 45.5 Å². The Morgan fingerprint density at radius 3 is 2.59 bits per heavy atom. The zero-order valence-corrected chi connectivity index (χ0v) is 16.7. The number of nitrogens with one attached hydrogen (secondary N) is 1. The number of aromatic nitrogens is 3. The van der Waals surface area contributed by atoms with Gasteiger partial charge in [0.2, 0.25) is 5.89 Å². The summed E-state index contributed by atoms with van der Waals surface area (Å²) in [6.45, 7) is 8.23. The lowest BCUT2D eigenvalue weighted by Crippen LogP contribution is -2.14. The van der Waals surface area contributed by atoms with E-state index in [4.69, 9.17) is 9.51 Å². The molecule has 0 bridgehead atoms. The minimum absolute atomic E-state index is 0.0841. The summed E-state index contributed by atoms with van der Waals surface area (Å²) < 4.78 is 6.64. The quantitative estimate of drug-likeness (QED) is 0.485. The molecule has 6 heteroatoms. The van der Waals surface area contributed by atoms with Crippen molar-refractivity contribution in [1.29, 1.82) is 0 Å². The highest BCUT2D eigenvalue weighted by molar-refractivity contribution is 7.21. The van der Waals surface area contributed by atoms with Crippen LogP contribution in [0.3, 0.4) is 0 Å². The molecule has 0 aliphatic carbocycles. The van der Waals surface area contributed by atoms with Gasteiger partial charge in [-0.1, -0.05) is 50.2 Å². The number of thiazole rings is 1. The summed E-state index contributed by atoms with van der Waals surface area (Å²) in [7, 11) is 0. The van der Waals surface area contributed by atoms with Crippen molar-refractivity contribution >= 4 is 27.2 Å². The van der Waals surface area contributed by atoms with Crippen LogP contribution in [0.15, 0.2) is 53.1 Å². The Kier molecular flexibility index (Phi) is 4.44. The van der Waals surface area contributed by atoms with Crippen molar-refractivity contribution < 1.29 is 4.52 Å². The topological polar surface area (TPSA) is 63.8 Å². The third kappa shape index (κ3) is 3.71. The van der Waals surface area contributed by atoms with Crippen LogP contribution in [-0.2, 0) is 5.41 Å². The third-order valence-electron chi connectivity index (χ3n) is 4.27. The van der Waals surface area contributed by atoms with Crippen LogP contribution >= 0.6 is 11.3 Å². The minimum atomic E-state index is -0.131. The Morgan fingerprint density at radius 1 is 1.04 bits per heavy atom. The lowest BCUT2D eigenvalue weighted by molar-refractivity contribution is 0.354. The Hall–Kier alpha value is -2.73. The third-order valence-corrected chi connectivity index (χ3v) is 5.36. The largest absolute Gasteiger partial charge is 0.374 e. The van der Waals surface area contributed by atoms with Crippen LogP contribution in [-0.4, -0.2) is 15.1 Å². The lowest BCUT2D eigenvalue weighted by Gasteiger charge is -2.13. The van der Waals surface area contributed by atoms with E-state index < -0.39 is 0 Å². The molecule has 2 heterocycles. The number of para-hydroxylation sites is 1. The Morgan fingerprint density at radius 2 is 1.85 bits per heavy atom. The molecule has 4 rings (SSSR count). The summed E-state index contributed by atoms with van der Waals surface area (Å²) in [5, 5.41) is 8.57. The molecular weight excluding hydrogens is 356 g/mol. The van der Waals surface area contributed by atoms with Crippen LogP contribution in [0.25, 0.3) is 20.8 Å². The smallest absolute Gasteiger partial charge is 0.248 e. The summed E-state index contributed by atoms with van der Waals surface area (Å²) in [6, 6.07) is 16.4. The second-order valence-corrected chi connectivity index (χ2v) is 8.67. The van der Waals surface area contributed by atoms with Gasteiger partial charge in [-0.15, -0.1) is 11.3 Å². The van der Waals surface area contributed by atoms with Gasteiger partial charge in [-0.25, -0.2) is 4.98 Å². The fraction of sp³-hybridized carbons (Fsp3) is 0.286. The molecule has 2 aromatic carbocycles. The Balaban J connectivity index is 1.56. The van der Waals surface area contributed by atoms with E-state index in [9.17, 15) is 0 Å². The van der Waals surface area contributed by atoms with E-state index in [1.54, 1.807) is 11.3 Å². The molecule has 5 nitrogen and oxygen atoms in total. The van der Waals surface area contributed by atoms with Gasteiger partial charge in [0, 0.05) is 16.7 Å². The maximum absolute atomic E-state index is 5.45. The number of nitrogens with zero attached hydrogens (tertiary/aromatic N) is 3. The van der Waals surface area contributed by atoms with Crippen LogP contribution in [0.4, 0.5) is 5.69 Å². The Labute approximate surface area is 162 Å². The normalized spacial score (nSPS) is 13.0. The summed E-state index contributed by atoms with van der Waals surface area (Å²) >= 11 is 1.70. The van der Waals surface area contributed by atoms with Gasteiger partial charge in [-0.05, 0) is 31.2 Å². The first-order chi connectivity index (χ1) is 12.9. The molecule has 0 spiro atoms. The molecule has 4 aromatic rings. The van der Waals surface area contributed by atoms with Crippen molar-refractivity contribution in [3.05, 3.63) is 60.2 Å². The van der Waals surface area contributed by atoms with Crippen molar-refractivity contribution in [2.45, 2.75) is 39.2 Å². The summed E-state index contributed by atoms with van der Waals surface area (Å²) in [5.74, 6) is 1.31. The molecular formula is C21H22N4OS. The van der Waals surface area contributed by atoms with Gasteiger partial charge < -0.3 is 9.84 Å². The number of benzene rings is 2.